The lowest BCUT2D eigenvalue weighted by Crippen LogP contribution is -2.38. The van der Waals surface area contributed by atoms with E-state index in [1.807, 2.05) is 25.5 Å². The Morgan fingerprint density at radius 1 is 1.38 bits per heavy atom. The second-order valence-electron chi connectivity index (χ2n) is 5.45. The molecule has 0 amide bonds. The Morgan fingerprint density at radius 3 is 2.71 bits per heavy atom. The van der Waals surface area contributed by atoms with Crippen LogP contribution in [0.5, 0.6) is 0 Å². The maximum atomic E-state index is 5.72. The van der Waals surface area contributed by atoms with Gasteiger partial charge in [0.25, 0.3) is 0 Å². The van der Waals surface area contributed by atoms with E-state index in [2.05, 4.69) is 22.3 Å². The molecule has 0 atom stereocenters. The first kappa shape index (κ1) is 14.0. The molecule has 0 aliphatic heterocycles. The number of nitrogens with one attached hydrogen (secondary N) is 1. The Kier molecular flexibility index (Phi) is 3.63. The molecule has 0 aromatic carbocycles. The van der Waals surface area contributed by atoms with Crippen LogP contribution in [0.4, 0.5) is 5.82 Å². The van der Waals surface area contributed by atoms with E-state index in [9.17, 15) is 0 Å². The number of ether oxygens (including phenoxy) is 1. The lowest BCUT2D eigenvalue weighted by atomic mass is 9.79. The first-order valence-electron chi connectivity index (χ1n) is 7.34. The standard InChI is InChI=1S/C15H21N5O/c1-4-16-13-8-12(11-9-17-20(2)10-11)18-14(19-13)15(21-3)6-5-7-15/h8-10H,4-7H2,1-3H3,(H,16,18,19). The smallest absolute Gasteiger partial charge is 0.163 e. The Hall–Kier alpha value is -1.95. The predicted molar refractivity (Wildman–Crippen MR) is 80.9 cm³/mol. The average Bonchev–Trinajstić information content (AvgIpc) is 2.85. The number of aromatic nitrogens is 4. The van der Waals surface area contributed by atoms with Gasteiger partial charge < -0.3 is 10.1 Å². The highest BCUT2D eigenvalue weighted by molar-refractivity contribution is 5.61. The number of nitrogens with zero attached hydrogens (tertiary/aromatic N) is 4. The van der Waals surface area contributed by atoms with E-state index >= 15 is 0 Å². The van der Waals surface area contributed by atoms with Gasteiger partial charge in [-0.15, -0.1) is 0 Å². The molecule has 0 unspecified atom stereocenters. The monoisotopic (exact) mass is 287 g/mol. The molecule has 1 fully saturated rings. The number of hydrogen-bond acceptors (Lipinski definition) is 5. The molecule has 112 valence electrons. The maximum absolute atomic E-state index is 5.72. The molecule has 2 aromatic rings. The average molecular weight is 287 g/mol. The summed E-state index contributed by atoms with van der Waals surface area (Å²) in [6, 6.07) is 1.96. The quantitative estimate of drug-likeness (QED) is 0.914. The largest absolute Gasteiger partial charge is 0.370 e. The van der Waals surface area contributed by atoms with Crippen molar-refractivity contribution in [1.29, 1.82) is 0 Å². The summed E-state index contributed by atoms with van der Waals surface area (Å²) < 4.78 is 7.49. The van der Waals surface area contributed by atoms with Crippen molar-refractivity contribution in [3.8, 4) is 11.3 Å². The van der Waals surface area contributed by atoms with Crippen LogP contribution in [0, 0.1) is 0 Å². The van der Waals surface area contributed by atoms with Gasteiger partial charge in [-0.2, -0.15) is 5.10 Å². The summed E-state index contributed by atoms with van der Waals surface area (Å²) in [7, 11) is 3.64. The lowest BCUT2D eigenvalue weighted by molar-refractivity contribution is -0.0844. The van der Waals surface area contributed by atoms with Crippen LogP contribution in [-0.4, -0.2) is 33.4 Å². The fraction of sp³-hybridized carbons (Fsp3) is 0.533. The molecule has 2 aromatic heterocycles. The second-order valence-corrected chi connectivity index (χ2v) is 5.45. The molecule has 6 nitrogen and oxygen atoms in total. The Balaban J connectivity index is 2.05. The minimum Gasteiger partial charge on any atom is -0.370 e. The summed E-state index contributed by atoms with van der Waals surface area (Å²) in [6.45, 7) is 2.88. The van der Waals surface area contributed by atoms with Crippen LogP contribution >= 0.6 is 0 Å². The van der Waals surface area contributed by atoms with Crippen molar-refractivity contribution in [3.63, 3.8) is 0 Å². The summed E-state index contributed by atoms with van der Waals surface area (Å²) >= 11 is 0. The van der Waals surface area contributed by atoms with E-state index in [1.165, 1.54) is 0 Å². The Morgan fingerprint density at radius 2 is 2.19 bits per heavy atom. The van der Waals surface area contributed by atoms with E-state index in [0.717, 1.165) is 48.7 Å². The number of anilines is 1. The molecule has 21 heavy (non-hydrogen) atoms. The fourth-order valence-corrected chi connectivity index (χ4v) is 2.64. The zero-order chi connectivity index (χ0) is 14.9. The normalized spacial score (nSPS) is 16.5. The molecular formula is C15H21N5O. The van der Waals surface area contributed by atoms with Crippen molar-refractivity contribution in [1.82, 2.24) is 19.7 Å². The van der Waals surface area contributed by atoms with Crippen LogP contribution in [0.1, 0.15) is 32.0 Å². The molecule has 3 rings (SSSR count). The van der Waals surface area contributed by atoms with Gasteiger partial charge in [0.2, 0.25) is 0 Å². The number of methoxy groups -OCH3 is 1. The molecule has 0 spiro atoms. The van der Waals surface area contributed by atoms with Crippen molar-refractivity contribution in [3.05, 3.63) is 24.3 Å². The molecule has 0 saturated heterocycles. The summed E-state index contributed by atoms with van der Waals surface area (Å²) in [5.74, 6) is 1.61. The topological polar surface area (TPSA) is 64.9 Å². The minimum atomic E-state index is -0.317. The van der Waals surface area contributed by atoms with Crippen LogP contribution in [0.25, 0.3) is 11.3 Å². The molecule has 1 saturated carbocycles. The van der Waals surface area contributed by atoms with Crippen molar-refractivity contribution in [2.24, 2.45) is 7.05 Å². The fourth-order valence-electron chi connectivity index (χ4n) is 2.64. The third-order valence-corrected chi connectivity index (χ3v) is 4.04. The molecular weight excluding hydrogens is 266 g/mol. The number of aryl methyl sites for hydroxylation is 1. The van der Waals surface area contributed by atoms with Crippen LogP contribution < -0.4 is 5.32 Å². The molecule has 0 bridgehead atoms. The van der Waals surface area contributed by atoms with Gasteiger partial charge in [0.1, 0.15) is 11.4 Å². The van der Waals surface area contributed by atoms with Gasteiger partial charge in [0.15, 0.2) is 5.82 Å². The Bertz CT molecular complexity index is 627. The second kappa shape index (κ2) is 5.44. The van der Waals surface area contributed by atoms with Gasteiger partial charge in [0, 0.05) is 38.5 Å². The summed E-state index contributed by atoms with van der Waals surface area (Å²) in [6.07, 6.45) is 6.89. The van der Waals surface area contributed by atoms with Crippen LogP contribution in [-0.2, 0) is 17.4 Å². The van der Waals surface area contributed by atoms with E-state index in [0.29, 0.717) is 0 Å². The van der Waals surface area contributed by atoms with Crippen LogP contribution in [0.15, 0.2) is 18.5 Å². The van der Waals surface area contributed by atoms with Gasteiger partial charge in [0.05, 0.1) is 11.9 Å². The SMILES string of the molecule is CCNc1cc(-c2cnn(C)c2)nc(C2(OC)CCC2)n1. The van der Waals surface area contributed by atoms with Crippen molar-refractivity contribution < 1.29 is 4.74 Å². The van der Waals surface area contributed by atoms with E-state index < -0.39 is 0 Å². The molecule has 1 aliphatic rings. The molecule has 0 radical (unpaired) electrons. The number of rotatable bonds is 5. The van der Waals surface area contributed by atoms with E-state index in [4.69, 9.17) is 9.72 Å². The molecule has 6 heteroatoms. The van der Waals surface area contributed by atoms with Crippen molar-refractivity contribution >= 4 is 5.82 Å². The van der Waals surface area contributed by atoms with E-state index in [1.54, 1.807) is 11.8 Å². The number of hydrogen-bond donors (Lipinski definition) is 1. The summed E-state index contributed by atoms with van der Waals surface area (Å²) in [4.78, 5) is 9.38. The minimum absolute atomic E-state index is 0.317. The lowest BCUT2D eigenvalue weighted by Gasteiger charge is -2.39. The van der Waals surface area contributed by atoms with E-state index in [-0.39, 0.29) is 5.60 Å². The first-order chi connectivity index (χ1) is 10.2. The molecule has 1 N–H and O–H groups in total. The van der Waals surface area contributed by atoms with Crippen molar-refractivity contribution in [2.45, 2.75) is 31.8 Å². The maximum Gasteiger partial charge on any atom is 0.163 e. The van der Waals surface area contributed by atoms with Crippen LogP contribution in [0.2, 0.25) is 0 Å². The summed E-state index contributed by atoms with van der Waals surface area (Å²) in [5, 5.41) is 7.49. The summed E-state index contributed by atoms with van der Waals surface area (Å²) in [5.41, 5.74) is 1.56. The van der Waals surface area contributed by atoms with Gasteiger partial charge in [-0.3, -0.25) is 4.68 Å². The highest BCUT2D eigenvalue weighted by atomic mass is 16.5. The van der Waals surface area contributed by atoms with Gasteiger partial charge in [-0.25, -0.2) is 9.97 Å². The predicted octanol–water partition coefficient (Wildman–Crippen LogP) is 2.33. The zero-order valence-corrected chi connectivity index (χ0v) is 12.8. The third kappa shape index (κ3) is 2.51. The molecule has 2 heterocycles. The van der Waals surface area contributed by atoms with Crippen LogP contribution in [0.3, 0.4) is 0 Å². The molecule has 1 aliphatic carbocycles. The van der Waals surface area contributed by atoms with Crippen molar-refractivity contribution in [2.75, 3.05) is 19.0 Å². The van der Waals surface area contributed by atoms with Gasteiger partial charge >= 0.3 is 0 Å². The Labute approximate surface area is 124 Å². The van der Waals surface area contributed by atoms with Gasteiger partial charge in [-0.1, -0.05) is 0 Å². The highest BCUT2D eigenvalue weighted by Gasteiger charge is 2.42. The third-order valence-electron chi connectivity index (χ3n) is 4.04. The highest BCUT2D eigenvalue weighted by Crippen LogP contribution is 2.43. The zero-order valence-electron chi connectivity index (χ0n) is 12.8. The first-order valence-corrected chi connectivity index (χ1v) is 7.34. The van der Waals surface area contributed by atoms with Gasteiger partial charge in [-0.05, 0) is 26.2 Å².